The third-order valence-corrected chi connectivity index (χ3v) is 4.58. The molecule has 0 aliphatic heterocycles. The molecule has 0 aliphatic carbocycles. The van der Waals surface area contributed by atoms with Crippen LogP contribution in [0.4, 0.5) is 16.2 Å². The number of para-hydroxylation sites is 2. The molecule has 2 rings (SSSR count). The number of nitrogens with one attached hydrogen (secondary N) is 2. The van der Waals surface area contributed by atoms with Gasteiger partial charge in [-0.2, -0.15) is 0 Å². The van der Waals surface area contributed by atoms with E-state index >= 15 is 0 Å². The molecule has 8 nitrogen and oxygen atoms in total. The highest BCUT2D eigenvalue weighted by atomic mass is 16.6. The first-order chi connectivity index (χ1) is 16.1. The fraction of sp³-hybridized carbons (Fsp3) is 0.346. The van der Waals surface area contributed by atoms with Crippen molar-refractivity contribution >= 4 is 35.4 Å². The number of esters is 1. The van der Waals surface area contributed by atoms with Gasteiger partial charge in [-0.15, -0.1) is 0 Å². The van der Waals surface area contributed by atoms with Crippen LogP contribution >= 0.6 is 0 Å². The lowest BCUT2D eigenvalue weighted by Gasteiger charge is -2.20. The largest absolute Gasteiger partial charge is 0.466 e. The minimum Gasteiger partial charge on any atom is -0.466 e. The maximum absolute atomic E-state index is 12.4. The Morgan fingerprint density at radius 1 is 1.00 bits per heavy atom. The van der Waals surface area contributed by atoms with Gasteiger partial charge in [0.25, 0.3) is 0 Å². The van der Waals surface area contributed by atoms with Gasteiger partial charge in [0, 0.05) is 12.7 Å². The molecule has 0 spiro atoms. The third kappa shape index (κ3) is 8.71. The number of rotatable bonds is 9. The molecule has 3 N–H and O–H groups in total. The molecule has 0 radical (unpaired) electrons. The van der Waals surface area contributed by atoms with Crippen LogP contribution in [0.1, 0.15) is 51.2 Å². The van der Waals surface area contributed by atoms with Gasteiger partial charge >= 0.3 is 12.1 Å². The summed E-state index contributed by atoms with van der Waals surface area (Å²) in [6, 6.07) is 13.9. The molecular formula is C26H32N2O6. The zero-order valence-corrected chi connectivity index (χ0v) is 20.0. The molecule has 0 aromatic heterocycles. The minimum atomic E-state index is -0.644. The van der Waals surface area contributed by atoms with Gasteiger partial charge in [-0.05, 0) is 63.5 Å². The molecule has 8 heteroatoms. The molecule has 2 aromatic rings. The van der Waals surface area contributed by atoms with Crippen molar-refractivity contribution < 1.29 is 29.0 Å². The standard InChI is InChI=1S/C26H32N2O6/c1-5-33-24(31)20(16-17-29)19-13-10-18(11-14-19)12-15-23(30)27-21-8-6-7-9-22(21)28-25(32)34-26(2,3)4/h6-15,20,29H,5,16-17H2,1-4H3,(H,27,30)(H,28,32)/b15-12+. The van der Waals surface area contributed by atoms with E-state index in [-0.39, 0.29) is 31.5 Å². The summed E-state index contributed by atoms with van der Waals surface area (Å²) >= 11 is 0. The minimum absolute atomic E-state index is 0.129. The molecule has 0 saturated heterocycles. The van der Waals surface area contributed by atoms with Crippen LogP contribution in [0.15, 0.2) is 54.6 Å². The molecule has 2 aromatic carbocycles. The second-order valence-electron chi connectivity index (χ2n) is 8.48. The Labute approximate surface area is 200 Å². The van der Waals surface area contributed by atoms with Gasteiger partial charge in [-0.3, -0.25) is 14.9 Å². The van der Waals surface area contributed by atoms with E-state index in [1.165, 1.54) is 6.08 Å². The zero-order valence-electron chi connectivity index (χ0n) is 20.0. The first-order valence-electron chi connectivity index (χ1n) is 11.1. The number of carbonyl (C=O) groups excluding carboxylic acids is 3. The SMILES string of the molecule is CCOC(=O)C(CCO)c1ccc(/C=C/C(=O)Nc2ccccc2NC(=O)OC(C)(C)C)cc1. The summed E-state index contributed by atoms with van der Waals surface area (Å²) < 4.78 is 10.3. The third-order valence-electron chi connectivity index (χ3n) is 4.58. The van der Waals surface area contributed by atoms with Crippen LogP contribution in [0, 0.1) is 0 Å². The van der Waals surface area contributed by atoms with E-state index in [0.29, 0.717) is 11.4 Å². The van der Waals surface area contributed by atoms with E-state index in [0.717, 1.165) is 11.1 Å². The number of aliphatic hydroxyl groups is 1. The Morgan fingerprint density at radius 2 is 1.62 bits per heavy atom. The van der Waals surface area contributed by atoms with Gasteiger partial charge < -0.3 is 19.9 Å². The Kier molecular flexibility index (Phi) is 9.82. The van der Waals surface area contributed by atoms with E-state index in [1.54, 1.807) is 82.3 Å². The van der Waals surface area contributed by atoms with Crippen molar-refractivity contribution in [1.29, 1.82) is 0 Å². The van der Waals surface area contributed by atoms with Crippen molar-refractivity contribution in [2.75, 3.05) is 23.8 Å². The molecule has 2 amide bonds. The lowest BCUT2D eigenvalue weighted by Crippen LogP contribution is -2.27. The van der Waals surface area contributed by atoms with E-state index in [4.69, 9.17) is 9.47 Å². The summed E-state index contributed by atoms with van der Waals surface area (Å²) in [5.41, 5.74) is 1.69. The number of ether oxygens (including phenoxy) is 2. The molecule has 1 atom stereocenters. The fourth-order valence-corrected chi connectivity index (χ4v) is 3.09. The first-order valence-corrected chi connectivity index (χ1v) is 11.1. The molecular weight excluding hydrogens is 436 g/mol. The van der Waals surface area contributed by atoms with Gasteiger partial charge in [0.2, 0.25) is 5.91 Å². The number of anilines is 2. The van der Waals surface area contributed by atoms with Crippen molar-refractivity contribution in [3.63, 3.8) is 0 Å². The van der Waals surface area contributed by atoms with Crippen molar-refractivity contribution in [2.45, 2.75) is 45.6 Å². The van der Waals surface area contributed by atoms with Crippen molar-refractivity contribution in [3.05, 3.63) is 65.7 Å². The van der Waals surface area contributed by atoms with Gasteiger partial charge in [0.05, 0.1) is 23.9 Å². The lowest BCUT2D eigenvalue weighted by atomic mass is 9.95. The maximum atomic E-state index is 12.4. The summed E-state index contributed by atoms with van der Waals surface area (Å²) in [6.07, 6.45) is 2.66. The summed E-state index contributed by atoms with van der Waals surface area (Å²) in [7, 11) is 0. The van der Waals surface area contributed by atoms with E-state index < -0.39 is 17.6 Å². The molecule has 0 bridgehead atoms. The van der Waals surface area contributed by atoms with Crippen molar-refractivity contribution in [3.8, 4) is 0 Å². The molecule has 0 aliphatic rings. The number of hydrogen-bond donors (Lipinski definition) is 3. The number of benzene rings is 2. The van der Waals surface area contributed by atoms with Crippen LogP contribution in [-0.2, 0) is 19.1 Å². The average molecular weight is 469 g/mol. The molecule has 182 valence electrons. The Hall–Kier alpha value is -3.65. The van der Waals surface area contributed by atoms with E-state index in [1.807, 2.05) is 0 Å². The Balaban J connectivity index is 2.04. The highest BCUT2D eigenvalue weighted by Crippen LogP contribution is 2.23. The second-order valence-corrected chi connectivity index (χ2v) is 8.48. The quantitative estimate of drug-likeness (QED) is 0.363. The van der Waals surface area contributed by atoms with Crippen LogP contribution < -0.4 is 10.6 Å². The smallest absolute Gasteiger partial charge is 0.412 e. The normalized spacial score (nSPS) is 12.1. The lowest BCUT2D eigenvalue weighted by molar-refractivity contribution is -0.145. The van der Waals surface area contributed by atoms with Crippen LogP contribution in [0.3, 0.4) is 0 Å². The van der Waals surface area contributed by atoms with Gasteiger partial charge in [-0.25, -0.2) is 4.79 Å². The molecule has 1 unspecified atom stereocenters. The summed E-state index contributed by atoms with van der Waals surface area (Å²) in [5, 5.41) is 14.6. The molecule has 0 saturated carbocycles. The van der Waals surface area contributed by atoms with Crippen LogP contribution in [-0.4, -0.2) is 41.9 Å². The first kappa shape index (κ1) is 26.6. The predicted octanol–water partition coefficient (Wildman–Crippen LogP) is 4.71. The fourth-order valence-electron chi connectivity index (χ4n) is 3.09. The van der Waals surface area contributed by atoms with Crippen molar-refractivity contribution in [2.24, 2.45) is 0 Å². The predicted molar refractivity (Wildman–Crippen MR) is 131 cm³/mol. The zero-order chi connectivity index (χ0) is 25.1. The van der Waals surface area contributed by atoms with Crippen molar-refractivity contribution in [1.82, 2.24) is 0 Å². The van der Waals surface area contributed by atoms with Crippen LogP contribution in [0.2, 0.25) is 0 Å². The Morgan fingerprint density at radius 3 is 2.18 bits per heavy atom. The number of carbonyl (C=O) groups is 3. The summed E-state index contributed by atoms with van der Waals surface area (Å²) in [5.74, 6) is -1.30. The highest BCUT2D eigenvalue weighted by molar-refractivity contribution is 6.05. The van der Waals surface area contributed by atoms with Gasteiger partial charge in [-0.1, -0.05) is 36.4 Å². The van der Waals surface area contributed by atoms with Crippen LogP contribution in [0.25, 0.3) is 6.08 Å². The van der Waals surface area contributed by atoms with E-state index in [2.05, 4.69) is 10.6 Å². The average Bonchev–Trinajstić information content (AvgIpc) is 2.77. The molecule has 0 fully saturated rings. The van der Waals surface area contributed by atoms with Gasteiger partial charge in [0.15, 0.2) is 0 Å². The van der Waals surface area contributed by atoms with Gasteiger partial charge in [0.1, 0.15) is 5.60 Å². The van der Waals surface area contributed by atoms with E-state index in [9.17, 15) is 19.5 Å². The van der Waals surface area contributed by atoms with Crippen LogP contribution in [0.5, 0.6) is 0 Å². The molecule has 34 heavy (non-hydrogen) atoms. The Bertz CT molecular complexity index is 1010. The highest BCUT2D eigenvalue weighted by Gasteiger charge is 2.21. The number of aliphatic hydroxyl groups excluding tert-OH is 1. The molecule has 0 heterocycles. The topological polar surface area (TPSA) is 114 Å². The number of amides is 2. The monoisotopic (exact) mass is 468 g/mol. The summed E-state index contributed by atoms with van der Waals surface area (Å²) in [4.78, 5) is 36.6. The second kappa shape index (κ2) is 12.6. The summed E-state index contributed by atoms with van der Waals surface area (Å²) in [6.45, 7) is 7.17. The maximum Gasteiger partial charge on any atom is 0.412 e. The number of hydrogen-bond acceptors (Lipinski definition) is 6.